The van der Waals surface area contributed by atoms with Crippen molar-refractivity contribution in [2.24, 2.45) is 17.3 Å². The summed E-state index contributed by atoms with van der Waals surface area (Å²) < 4.78 is 5.90. The molecule has 1 aromatic rings. The van der Waals surface area contributed by atoms with Gasteiger partial charge in [-0.15, -0.1) is 0 Å². The molecule has 2 aliphatic heterocycles. The van der Waals surface area contributed by atoms with Crippen molar-refractivity contribution < 1.29 is 19.4 Å². The van der Waals surface area contributed by atoms with Gasteiger partial charge in [0.15, 0.2) is 11.3 Å². The lowest BCUT2D eigenvalue weighted by Gasteiger charge is -2.43. The number of anilines is 1. The monoisotopic (exact) mass is 367 g/mol. The van der Waals surface area contributed by atoms with Gasteiger partial charge in [-0.05, 0) is 56.9 Å². The van der Waals surface area contributed by atoms with E-state index < -0.39 is 22.7 Å². The van der Waals surface area contributed by atoms with Crippen molar-refractivity contribution in [1.82, 2.24) is 0 Å². The van der Waals surface area contributed by atoms with Crippen LogP contribution in [-0.4, -0.2) is 40.6 Å². The number of hydrogen-bond donors (Lipinski definition) is 1. The summed E-state index contributed by atoms with van der Waals surface area (Å²) in [5.41, 5.74) is -0.902. The van der Waals surface area contributed by atoms with Crippen LogP contribution >= 0.6 is 0 Å². The van der Waals surface area contributed by atoms with E-state index in [0.29, 0.717) is 6.54 Å². The van der Waals surface area contributed by atoms with Gasteiger partial charge in [0.25, 0.3) is 0 Å². The molecule has 1 spiro atoms. The molecule has 4 aliphatic rings. The maximum Gasteiger partial charge on any atom is 0.334 e. The zero-order valence-corrected chi connectivity index (χ0v) is 15.9. The lowest BCUT2D eigenvalue weighted by atomic mass is 9.64. The first-order chi connectivity index (χ1) is 12.7. The molecular formula is C22H25NO4. The fourth-order valence-corrected chi connectivity index (χ4v) is 5.80. The standard InChI is InChI=1S/C22H25NO4/c1-13-4-7-15(8-5-13)23-12-21(23)16-9-6-14(2)22(26)11-10-17(24)20(22,3)18(16)27-19(21)25/h4-5,7-8,10-11,14,16,18,26H,6,9,12H2,1-3H3/t14-,16+,18+,20-,21?,22+,23?/m0/s1. The molecule has 5 rings (SSSR count). The quantitative estimate of drug-likeness (QED) is 0.610. The Labute approximate surface area is 159 Å². The first-order valence-corrected chi connectivity index (χ1v) is 9.76. The maximum absolute atomic E-state index is 13.0. The summed E-state index contributed by atoms with van der Waals surface area (Å²) in [5, 5.41) is 11.4. The molecule has 2 heterocycles. The molecule has 5 nitrogen and oxygen atoms in total. The van der Waals surface area contributed by atoms with E-state index in [2.05, 4.69) is 4.90 Å². The van der Waals surface area contributed by atoms with Crippen LogP contribution in [0, 0.1) is 24.2 Å². The van der Waals surface area contributed by atoms with Gasteiger partial charge in [0.1, 0.15) is 11.7 Å². The maximum atomic E-state index is 13.0. The third-order valence-electron chi connectivity index (χ3n) is 7.75. The molecule has 6 atom stereocenters. The van der Waals surface area contributed by atoms with E-state index in [1.54, 1.807) is 13.0 Å². The number of ether oxygens (including phenoxy) is 1. The van der Waals surface area contributed by atoms with E-state index in [1.165, 1.54) is 11.6 Å². The van der Waals surface area contributed by atoms with Gasteiger partial charge in [-0.2, -0.15) is 0 Å². The first-order valence-electron chi connectivity index (χ1n) is 9.76. The number of allylic oxidation sites excluding steroid dienone is 1. The Morgan fingerprint density at radius 2 is 1.89 bits per heavy atom. The number of nitrogens with zero attached hydrogens (tertiary/aromatic N) is 1. The fourth-order valence-electron chi connectivity index (χ4n) is 5.80. The summed E-state index contributed by atoms with van der Waals surface area (Å²) in [5.74, 6) is -0.563. The molecule has 27 heavy (non-hydrogen) atoms. The summed E-state index contributed by atoms with van der Waals surface area (Å²) >= 11 is 0. The zero-order chi connectivity index (χ0) is 19.2. The van der Waals surface area contributed by atoms with Crippen LogP contribution in [0.15, 0.2) is 36.4 Å². The Bertz CT molecular complexity index is 877. The number of rotatable bonds is 1. The second-order valence-electron chi connectivity index (χ2n) is 8.98. The Hall–Kier alpha value is -2.14. The average molecular weight is 367 g/mol. The second-order valence-corrected chi connectivity index (χ2v) is 8.98. The number of aryl methyl sites for hydroxylation is 1. The molecule has 1 aromatic carbocycles. The van der Waals surface area contributed by atoms with E-state index in [1.807, 2.05) is 38.1 Å². The predicted octanol–water partition coefficient (Wildman–Crippen LogP) is 2.40. The highest BCUT2D eigenvalue weighted by Crippen LogP contribution is 2.62. The number of hydrogen-bond acceptors (Lipinski definition) is 5. The molecule has 2 saturated heterocycles. The third kappa shape index (κ3) is 1.83. The summed E-state index contributed by atoms with van der Waals surface area (Å²) in [7, 11) is 0. The summed E-state index contributed by atoms with van der Waals surface area (Å²) in [6.07, 6.45) is 4.02. The Balaban J connectivity index is 1.57. The molecule has 0 bridgehead atoms. The summed E-state index contributed by atoms with van der Waals surface area (Å²) in [4.78, 5) is 28.0. The molecule has 0 amide bonds. The van der Waals surface area contributed by atoms with Gasteiger partial charge in [-0.25, -0.2) is 4.79 Å². The van der Waals surface area contributed by atoms with Crippen molar-refractivity contribution in [3.63, 3.8) is 0 Å². The predicted molar refractivity (Wildman–Crippen MR) is 100 cm³/mol. The molecule has 142 valence electrons. The van der Waals surface area contributed by atoms with E-state index in [-0.39, 0.29) is 23.6 Å². The highest BCUT2D eigenvalue weighted by atomic mass is 16.6. The first kappa shape index (κ1) is 17.0. The van der Waals surface area contributed by atoms with Crippen molar-refractivity contribution in [2.45, 2.75) is 50.9 Å². The molecule has 1 unspecified atom stereocenters. The molecule has 3 fully saturated rings. The van der Waals surface area contributed by atoms with Crippen molar-refractivity contribution in [1.29, 1.82) is 0 Å². The average Bonchev–Trinajstić information content (AvgIpc) is 3.28. The number of carbonyl (C=O) groups excluding carboxylic acids is 2. The molecule has 2 aliphatic carbocycles. The minimum Gasteiger partial charge on any atom is -0.459 e. The van der Waals surface area contributed by atoms with E-state index in [9.17, 15) is 14.7 Å². The van der Waals surface area contributed by atoms with E-state index in [0.717, 1.165) is 18.5 Å². The normalized spacial score (nSPS) is 44.9. The van der Waals surface area contributed by atoms with Crippen LogP contribution < -0.4 is 4.90 Å². The zero-order valence-electron chi connectivity index (χ0n) is 15.9. The number of fused-ring (bicyclic) bond motifs is 4. The highest BCUT2D eigenvalue weighted by molar-refractivity contribution is 6.02. The van der Waals surface area contributed by atoms with E-state index in [4.69, 9.17) is 4.74 Å². The molecule has 0 radical (unpaired) electrons. The van der Waals surface area contributed by atoms with Crippen LogP contribution in [0.3, 0.4) is 0 Å². The minimum atomic E-state index is -1.26. The van der Waals surface area contributed by atoms with Crippen molar-refractivity contribution in [2.75, 3.05) is 11.4 Å². The molecular weight excluding hydrogens is 342 g/mol. The van der Waals surface area contributed by atoms with Crippen LogP contribution in [0.5, 0.6) is 0 Å². The van der Waals surface area contributed by atoms with Crippen molar-refractivity contribution >= 4 is 17.4 Å². The lowest BCUT2D eigenvalue weighted by molar-refractivity contribution is -0.166. The summed E-state index contributed by atoms with van der Waals surface area (Å²) in [6, 6.07) is 8.15. The van der Waals surface area contributed by atoms with Crippen LogP contribution in [0.25, 0.3) is 0 Å². The van der Waals surface area contributed by atoms with Gasteiger partial charge >= 0.3 is 5.97 Å². The number of ketones is 1. The minimum absolute atomic E-state index is 0.0712. The number of carbonyl (C=O) groups is 2. The number of aliphatic hydroxyl groups is 1. The summed E-state index contributed by atoms with van der Waals surface area (Å²) in [6.45, 7) is 6.41. The second kappa shape index (κ2) is 5.02. The largest absolute Gasteiger partial charge is 0.459 e. The third-order valence-corrected chi connectivity index (χ3v) is 7.75. The van der Waals surface area contributed by atoms with Gasteiger partial charge in [-0.1, -0.05) is 24.6 Å². The topological polar surface area (TPSA) is 66.6 Å². The van der Waals surface area contributed by atoms with Gasteiger partial charge in [0, 0.05) is 11.6 Å². The molecule has 0 aromatic heterocycles. The molecule has 1 N–H and O–H groups in total. The fraction of sp³-hybridized carbons (Fsp3) is 0.545. The number of benzene rings is 1. The van der Waals surface area contributed by atoms with E-state index >= 15 is 0 Å². The van der Waals surface area contributed by atoms with Crippen LogP contribution in [-0.2, 0) is 14.3 Å². The van der Waals surface area contributed by atoms with Crippen molar-refractivity contribution in [3.05, 3.63) is 42.0 Å². The highest BCUT2D eigenvalue weighted by Gasteiger charge is 2.77. The smallest absolute Gasteiger partial charge is 0.334 e. The number of esters is 1. The van der Waals surface area contributed by atoms with Crippen molar-refractivity contribution in [3.8, 4) is 0 Å². The van der Waals surface area contributed by atoms with Gasteiger partial charge < -0.3 is 14.7 Å². The Morgan fingerprint density at radius 3 is 2.59 bits per heavy atom. The van der Waals surface area contributed by atoms with Crippen LogP contribution in [0.2, 0.25) is 0 Å². The van der Waals surface area contributed by atoms with Gasteiger partial charge in [0.2, 0.25) is 0 Å². The van der Waals surface area contributed by atoms with Gasteiger partial charge in [-0.3, -0.25) is 4.79 Å². The Kier molecular flexibility index (Phi) is 3.16. The lowest BCUT2D eigenvalue weighted by Crippen LogP contribution is -2.57. The SMILES string of the molecule is Cc1ccc(N2CC23C(=O)O[C@@H]2[C@H]3CC[C@H](C)[C@]3(O)C=CC(=O)[C@@]23C)cc1. The molecule has 1 saturated carbocycles. The Morgan fingerprint density at radius 1 is 1.19 bits per heavy atom. The van der Waals surface area contributed by atoms with Gasteiger partial charge in [0.05, 0.1) is 12.0 Å². The molecule has 5 heteroatoms. The van der Waals surface area contributed by atoms with Crippen LogP contribution in [0.4, 0.5) is 5.69 Å². The van der Waals surface area contributed by atoms with Crippen LogP contribution in [0.1, 0.15) is 32.3 Å².